The van der Waals surface area contributed by atoms with E-state index in [1.165, 1.54) is 16.2 Å². The molecule has 2 N–H and O–H groups in total. The average molecular weight is 264 g/mol. The summed E-state index contributed by atoms with van der Waals surface area (Å²) in [6.07, 6.45) is 0. The normalized spacial score (nSPS) is 10.6. The van der Waals surface area contributed by atoms with Crippen LogP contribution < -0.4 is 5.73 Å². The number of hydrogen-bond acceptors (Lipinski definition) is 6. The van der Waals surface area contributed by atoms with Gasteiger partial charge in [-0.1, -0.05) is 34.7 Å². The Bertz CT molecular complexity index is 385. The molecule has 0 saturated carbocycles. The van der Waals surface area contributed by atoms with Crippen LogP contribution in [0, 0.1) is 0 Å². The first-order valence-corrected chi connectivity index (χ1v) is 6.69. The summed E-state index contributed by atoms with van der Waals surface area (Å²) in [6, 6.07) is 3.92. The Balaban J connectivity index is 1.94. The van der Waals surface area contributed by atoms with Gasteiger partial charge in [0.15, 0.2) is 4.34 Å². The first kappa shape index (κ1) is 10.2. The Labute approximate surface area is 98.3 Å². The first-order valence-electron chi connectivity index (χ1n) is 3.70. The minimum atomic E-state index is 0.511. The molecule has 3 nitrogen and oxygen atoms in total. The van der Waals surface area contributed by atoms with Gasteiger partial charge in [0.2, 0.25) is 5.13 Å². The Kier molecular flexibility index (Phi) is 3.27. The average Bonchev–Trinajstić information content (AvgIpc) is 2.72. The highest BCUT2D eigenvalue weighted by Gasteiger charge is 2.03. The zero-order chi connectivity index (χ0) is 9.97. The molecule has 14 heavy (non-hydrogen) atoms. The third kappa shape index (κ3) is 2.60. The van der Waals surface area contributed by atoms with E-state index in [1.54, 1.807) is 23.1 Å². The Morgan fingerprint density at radius 3 is 2.79 bits per heavy atom. The molecule has 74 valence electrons. The predicted octanol–water partition coefficient (Wildman–Crippen LogP) is 3.13. The van der Waals surface area contributed by atoms with Gasteiger partial charge in [0.25, 0.3) is 0 Å². The molecule has 0 aliphatic carbocycles. The van der Waals surface area contributed by atoms with Crippen LogP contribution in [0.25, 0.3) is 0 Å². The quantitative estimate of drug-likeness (QED) is 0.865. The number of thioether (sulfide) groups is 1. The van der Waals surface area contributed by atoms with Crippen LogP contribution in [0.2, 0.25) is 4.34 Å². The lowest BCUT2D eigenvalue weighted by atomic mass is 10.5. The lowest BCUT2D eigenvalue weighted by Crippen LogP contribution is -1.79. The van der Waals surface area contributed by atoms with E-state index in [4.69, 9.17) is 17.3 Å². The van der Waals surface area contributed by atoms with Crippen molar-refractivity contribution in [2.24, 2.45) is 0 Å². The molecule has 0 bridgehead atoms. The van der Waals surface area contributed by atoms with Crippen LogP contribution in [-0.2, 0) is 5.75 Å². The smallest absolute Gasteiger partial charge is 0.203 e. The highest BCUT2D eigenvalue weighted by molar-refractivity contribution is 8.00. The summed E-state index contributed by atoms with van der Waals surface area (Å²) in [4.78, 5) is 1.23. The standard InChI is InChI=1S/C7H6ClN3S3/c8-5-2-1-4(13-5)3-12-7-11-10-6(9)14-7/h1-2H,3H2,(H2,9,10). The Morgan fingerprint density at radius 1 is 1.36 bits per heavy atom. The van der Waals surface area contributed by atoms with Crippen molar-refractivity contribution in [3.63, 3.8) is 0 Å². The fourth-order valence-electron chi connectivity index (χ4n) is 0.841. The van der Waals surface area contributed by atoms with Crippen molar-refractivity contribution >= 4 is 51.2 Å². The number of anilines is 1. The fourth-order valence-corrected chi connectivity index (χ4v) is 3.61. The third-order valence-electron chi connectivity index (χ3n) is 1.39. The van der Waals surface area contributed by atoms with E-state index in [2.05, 4.69) is 10.2 Å². The van der Waals surface area contributed by atoms with Crippen molar-refractivity contribution < 1.29 is 0 Å². The van der Waals surface area contributed by atoms with Crippen LogP contribution in [0.3, 0.4) is 0 Å². The van der Waals surface area contributed by atoms with Crippen molar-refractivity contribution in [1.82, 2.24) is 10.2 Å². The van der Waals surface area contributed by atoms with Crippen LogP contribution in [0.1, 0.15) is 4.88 Å². The van der Waals surface area contributed by atoms with E-state index in [0.717, 1.165) is 14.4 Å². The number of nitrogens with two attached hydrogens (primary N) is 1. The van der Waals surface area contributed by atoms with E-state index < -0.39 is 0 Å². The number of hydrogen-bond donors (Lipinski definition) is 1. The second kappa shape index (κ2) is 4.48. The van der Waals surface area contributed by atoms with E-state index in [9.17, 15) is 0 Å². The molecule has 0 spiro atoms. The van der Waals surface area contributed by atoms with Crippen LogP contribution >= 0.6 is 46.0 Å². The van der Waals surface area contributed by atoms with Crippen molar-refractivity contribution in [1.29, 1.82) is 0 Å². The maximum atomic E-state index is 5.81. The van der Waals surface area contributed by atoms with Crippen molar-refractivity contribution in [2.45, 2.75) is 10.1 Å². The molecule has 0 atom stereocenters. The monoisotopic (exact) mass is 263 g/mol. The van der Waals surface area contributed by atoms with Crippen molar-refractivity contribution in [2.75, 3.05) is 5.73 Å². The molecule has 0 saturated heterocycles. The minimum absolute atomic E-state index is 0.511. The SMILES string of the molecule is Nc1nnc(SCc2ccc(Cl)s2)s1. The summed E-state index contributed by atoms with van der Waals surface area (Å²) in [5.41, 5.74) is 5.46. The second-order valence-corrected chi connectivity index (χ2v) is 6.43. The zero-order valence-electron chi connectivity index (χ0n) is 6.94. The van der Waals surface area contributed by atoms with Gasteiger partial charge in [-0.3, -0.25) is 0 Å². The molecule has 0 fully saturated rings. The predicted molar refractivity (Wildman–Crippen MR) is 63.2 cm³/mol. The molecule has 0 aliphatic rings. The maximum absolute atomic E-state index is 5.81. The zero-order valence-corrected chi connectivity index (χ0v) is 10.1. The van der Waals surface area contributed by atoms with Crippen LogP contribution in [0.15, 0.2) is 16.5 Å². The first-order chi connectivity index (χ1) is 6.74. The molecule has 2 aromatic rings. The lowest BCUT2D eigenvalue weighted by molar-refractivity contribution is 1.02. The van der Waals surface area contributed by atoms with Gasteiger partial charge in [0.1, 0.15) is 0 Å². The molecule has 7 heteroatoms. The number of thiophene rings is 1. The summed E-state index contributed by atoms with van der Waals surface area (Å²) < 4.78 is 1.71. The van der Waals surface area contributed by atoms with Crippen LogP contribution in [0.4, 0.5) is 5.13 Å². The number of rotatable bonds is 3. The highest BCUT2D eigenvalue weighted by atomic mass is 35.5. The Hall–Kier alpha value is -0.300. The van der Waals surface area contributed by atoms with Gasteiger partial charge in [0.05, 0.1) is 4.34 Å². The van der Waals surface area contributed by atoms with Crippen molar-refractivity contribution in [3.8, 4) is 0 Å². The van der Waals surface area contributed by atoms with Gasteiger partial charge in [0, 0.05) is 10.6 Å². The Morgan fingerprint density at radius 2 is 2.21 bits per heavy atom. The minimum Gasteiger partial charge on any atom is -0.374 e. The number of nitrogens with zero attached hydrogens (tertiary/aromatic N) is 2. The largest absolute Gasteiger partial charge is 0.374 e. The highest BCUT2D eigenvalue weighted by Crippen LogP contribution is 2.30. The molecule has 2 aromatic heterocycles. The van der Waals surface area contributed by atoms with Gasteiger partial charge in [-0.25, -0.2) is 0 Å². The third-order valence-corrected chi connectivity index (χ3v) is 4.74. The fraction of sp³-hybridized carbons (Fsp3) is 0.143. The summed E-state index contributed by atoms with van der Waals surface area (Å²) in [5, 5.41) is 8.16. The topological polar surface area (TPSA) is 51.8 Å². The molecule has 2 rings (SSSR count). The van der Waals surface area contributed by atoms with Crippen LogP contribution in [0.5, 0.6) is 0 Å². The summed E-state index contributed by atoms with van der Waals surface area (Å²) in [5.74, 6) is 0.867. The molecule has 0 amide bonds. The number of aromatic nitrogens is 2. The van der Waals surface area contributed by atoms with Gasteiger partial charge in [-0.05, 0) is 12.1 Å². The molecule has 0 aromatic carbocycles. The molecular weight excluding hydrogens is 258 g/mol. The molecule has 2 heterocycles. The van der Waals surface area contributed by atoms with E-state index >= 15 is 0 Å². The van der Waals surface area contributed by atoms with Gasteiger partial charge in [-0.2, -0.15) is 0 Å². The lowest BCUT2D eigenvalue weighted by Gasteiger charge is -1.91. The number of halogens is 1. The van der Waals surface area contributed by atoms with Gasteiger partial charge in [-0.15, -0.1) is 21.5 Å². The molecule has 0 radical (unpaired) electrons. The van der Waals surface area contributed by atoms with E-state index in [1.807, 2.05) is 12.1 Å². The number of nitrogen functional groups attached to an aromatic ring is 1. The van der Waals surface area contributed by atoms with Crippen LogP contribution in [-0.4, -0.2) is 10.2 Å². The summed E-state index contributed by atoms with van der Waals surface area (Å²) in [7, 11) is 0. The molecular formula is C7H6ClN3S3. The molecule has 0 unspecified atom stereocenters. The van der Waals surface area contributed by atoms with E-state index in [0.29, 0.717) is 5.13 Å². The van der Waals surface area contributed by atoms with E-state index in [-0.39, 0.29) is 0 Å². The summed E-state index contributed by atoms with van der Waals surface area (Å²) >= 11 is 10.4. The van der Waals surface area contributed by atoms with Gasteiger partial charge >= 0.3 is 0 Å². The maximum Gasteiger partial charge on any atom is 0.203 e. The second-order valence-electron chi connectivity index (χ2n) is 2.40. The van der Waals surface area contributed by atoms with Gasteiger partial charge < -0.3 is 5.73 Å². The molecule has 0 aliphatic heterocycles. The summed E-state index contributed by atoms with van der Waals surface area (Å²) in [6.45, 7) is 0. The van der Waals surface area contributed by atoms with Crippen molar-refractivity contribution in [3.05, 3.63) is 21.3 Å².